The molecule has 4 nitrogen and oxygen atoms in total. The van der Waals surface area contributed by atoms with Crippen LogP contribution in [0.15, 0.2) is 71.4 Å². The molecule has 0 spiro atoms. The molecule has 0 bridgehead atoms. The molecule has 0 amide bonds. The summed E-state index contributed by atoms with van der Waals surface area (Å²) in [6.07, 6.45) is 1.73. The Balaban J connectivity index is 2.20. The van der Waals surface area contributed by atoms with Crippen molar-refractivity contribution in [3.8, 4) is 5.75 Å². The molecule has 0 saturated heterocycles. The number of hydrogen-bond acceptors (Lipinski definition) is 4. The third-order valence-electron chi connectivity index (χ3n) is 3.10. The molecule has 0 aliphatic heterocycles. The maximum absolute atomic E-state index is 6.01. The van der Waals surface area contributed by atoms with Crippen LogP contribution in [0.3, 0.4) is 0 Å². The van der Waals surface area contributed by atoms with E-state index < -0.39 is 8.32 Å². The second kappa shape index (κ2) is 8.56. The molecule has 0 heterocycles. The second-order valence-corrected chi connectivity index (χ2v) is 10.8. The number of azo groups is 1. The van der Waals surface area contributed by atoms with Crippen LogP contribution in [0.4, 0.5) is 11.4 Å². The topological polar surface area (TPSA) is 43.2 Å². The van der Waals surface area contributed by atoms with Gasteiger partial charge >= 0.3 is 0 Å². The van der Waals surface area contributed by atoms with Crippen molar-refractivity contribution >= 4 is 19.7 Å². The van der Waals surface area contributed by atoms with Gasteiger partial charge in [-0.3, -0.25) is 0 Å². The standard InChI is InChI=1S/C19H24N2O2Si/c1-5-13-22-19-12-11-18(14-16(19)15-23-24(2,3)4)21-20-17-9-7-6-8-10-17/h5-12,14H,1,13,15H2,2-4H3. The molecule has 0 N–H and O–H groups in total. The average Bonchev–Trinajstić information content (AvgIpc) is 2.57. The Kier molecular flexibility index (Phi) is 6.46. The Labute approximate surface area is 145 Å². The fraction of sp³-hybridized carbons (Fsp3) is 0.263. The lowest BCUT2D eigenvalue weighted by atomic mass is 10.2. The molecule has 0 radical (unpaired) electrons. The van der Waals surface area contributed by atoms with E-state index in [1.165, 1.54) is 0 Å². The van der Waals surface area contributed by atoms with Gasteiger partial charge < -0.3 is 9.16 Å². The van der Waals surface area contributed by atoms with E-state index in [1.54, 1.807) is 6.08 Å². The minimum Gasteiger partial charge on any atom is -0.489 e. The SMILES string of the molecule is C=CCOc1ccc(N=Nc2ccccc2)cc1CO[Si](C)(C)C. The number of ether oxygens (including phenoxy) is 1. The molecule has 0 atom stereocenters. The Morgan fingerprint density at radius 1 is 1.00 bits per heavy atom. The Hall–Kier alpha value is -2.24. The predicted molar refractivity (Wildman–Crippen MR) is 101 cm³/mol. The molecule has 2 rings (SSSR count). The molecule has 5 heteroatoms. The fourth-order valence-corrected chi connectivity index (χ4v) is 2.52. The fourth-order valence-electron chi connectivity index (χ4n) is 1.93. The first-order valence-electron chi connectivity index (χ1n) is 7.95. The van der Waals surface area contributed by atoms with Gasteiger partial charge in [0.1, 0.15) is 12.4 Å². The first-order valence-corrected chi connectivity index (χ1v) is 11.4. The quantitative estimate of drug-likeness (QED) is 0.335. The first-order chi connectivity index (χ1) is 11.5. The van der Waals surface area contributed by atoms with Crippen LogP contribution in [-0.4, -0.2) is 14.9 Å². The molecule has 0 aliphatic carbocycles. The zero-order valence-electron chi connectivity index (χ0n) is 14.5. The van der Waals surface area contributed by atoms with E-state index in [9.17, 15) is 0 Å². The number of rotatable bonds is 8. The molecule has 0 fully saturated rings. The van der Waals surface area contributed by atoms with Gasteiger partial charge in [-0.15, -0.1) is 0 Å². The molecule has 126 valence electrons. The molecule has 2 aromatic rings. The lowest BCUT2D eigenvalue weighted by molar-refractivity contribution is 0.285. The van der Waals surface area contributed by atoms with Crippen LogP contribution in [0.1, 0.15) is 5.56 Å². The smallest absolute Gasteiger partial charge is 0.184 e. The predicted octanol–water partition coefficient (Wildman–Crippen LogP) is 6.02. The monoisotopic (exact) mass is 340 g/mol. The largest absolute Gasteiger partial charge is 0.489 e. The van der Waals surface area contributed by atoms with Gasteiger partial charge in [-0.2, -0.15) is 10.2 Å². The van der Waals surface area contributed by atoms with E-state index in [4.69, 9.17) is 9.16 Å². The summed E-state index contributed by atoms with van der Waals surface area (Å²) in [5, 5.41) is 8.56. The van der Waals surface area contributed by atoms with Crippen LogP contribution >= 0.6 is 0 Å². The van der Waals surface area contributed by atoms with E-state index in [0.717, 1.165) is 22.7 Å². The molecule has 0 saturated carbocycles. The van der Waals surface area contributed by atoms with Gasteiger partial charge in [0, 0.05) is 5.56 Å². The summed E-state index contributed by atoms with van der Waals surface area (Å²) in [5.41, 5.74) is 2.58. The molecule has 24 heavy (non-hydrogen) atoms. The zero-order chi connectivity index (χ0) is 17.4. The highest BCUT2D eigenvalue weighted by molar-refractivity contribution is 6.69. The highest BCUT2D eigenvalue weighted by Gasteiger charge is 2.16. The summed E-state index contributed by atoms with van der Waals surface area (Å²) in [5.74, 6) is 0.798. The molecule has 0 aromatic heterocycles. The average molecular weight is 340 g/mol. The van der Waals surface area contributed by atoms with Crippen molar-refractivity contribution in [2.24, 2.45) is 10.2 Å². The summed E-state index contributed by atoms with van der Waals surface area (Å²) in [6, 6.07) is 15.4. The first kappa shape index (κ1) is 18.1. The number of benzene rings is 2. The number of nitrogens with zero attached hydrogens (tertiary/aromatic N) is 2. The third-order valence-corrected chi connectivity index (χ3v) is 4.11. The summed E-state index contributed by atoms with van der Waals surface area (Å²) < 4.78 is 11.7. The second-order valence-electron chi connectivity index (χ2n) is 6.33. The van der Waals surface area contributed by atoms with Crippen molar-refractivity contribution in [1.82, 2.24) is 0 Å². The van der Waals surface area contributed by atoms with E-state index in [-0.39, 0.29) is 0 Å². The van der Waals surface area contributed by atoms with Gasteiger partial charge in [0.2, 0.25) is 0 Å². The van der Waals surface area contributed by atoms with Gasteiger partial charge in [0.05, 0.1) is 18.0 Å². The van der Waals surface area contributed by atoms with E-state index >= 15 is 0 Å². The maximum atomic E-state index is 6.01. The van der Waals surface area contributed by atoms with Crippen LogP contribution in [-0.2, 0) is 11.0 Å². The van der Waals surface area contributed by atoms with E-state index in [2.05, 4.69) is 36.4 Å². The van der Waals surface area contributed by atoms with Gasteiger partial charge in [0.25, 0.3) is 0 Å². The van der Waals surface area contributed by atoms with Crippen LogP contribution in [0.2, 0.25) is 19.6 Å². The summed E-state index contributed by atoms with van der Waals surface area (Å²) in [7, 11) is -1.61. The van der Waals surface area contributed by atoms with Gasteiger partial charge in [-0.1, -0.05) is 30.9 Å². The maximum Gasteiger partial charge on any atom is 0.184 e. The minimum atomic E-state index is -1.61. The van der Waals surface area contributed by atoms with Gasteiger partial charge in [-0.05, 0) is 50.0 Å². The molecule has 2 aromatic carbocycles. The minimum absolute atomic E-state index is 0.463. The van der Waals surface area contributed by atoms with Crippen LogP contribution in [0, 0.1) is 0 Å². The van der Waals surface area contributed by atoms with Gasteiger partial charge in [-0.25, -0.2) is 0 Å². The van der Waals surface area contributed by atoms with Gasteiger partial charge in [0.15, 0.2) is 8.32 Å². The van der Waals surface area contributed by atoms with E-state index in [0.29, 0.717) is 13.2 Å². The molecular weight excluding hydrogens is 316 g/mol. The zero-order valence-corrected chi connectivity index (χ0v) is 15.5. The Bertz CT molecular complexity index is 694. The molecular formula is C19H24N2O2Si. The van der Waals surface area contributed by atoms with Crippen molar-refractivity contribution in [3.63, 3.8) is 0 Å². The van der Waals surface area contributed by atoms with Crippen LogP contribution in [0.5, 0.6) is 5.75 Å². The summed E-state index contributed by atoms with van der Waals surface area (Å²) in [6.45, 7) is 11.2. The lowest BCUT2D eigenvalue weighted by Gasteiger charge is -2.19. The van der Waals surface area contributed by atoms with Crippen molar-refractivity contribution in [2.75, 3.05) is 6.61 Å². The molecule has 0 aliphatic rings. The van der Waals surface area contributed by atoms with Crippen molar-refractivity contribution < 1.29 is 9.16 Å². The van der Waals surface area contributed by atoms with Crippen molar-refractivity contribution in [3.05, 3.63) is 66.7 Å². The molecule has 0 unspecified atom stereocenters. The number of hydrogen-bond donors (Lipinski definition) is 0. The normalized spacial score (nSPS) is 11.6. The Morgan fingerprint density at radius 2 is 1.71 bits per heavy atom. The Morgan fingerprint density at radius 3 is 2.38 bits per heavy atom. The third kappa shape index (κ3) is 6.10. The lowest BCUT2D eigenvalue weighted by Crippen LogP contribution is -2.25. The van der Waals surface area contributed by atoms with Crippen molar-refractivity contribution in [2.45, 2.75) is 26.2 Å². The van der Waals surface area contributed by atoms with E-state index in [1.807, 2.05) is 48.5 Å². The highest BCUT2D eigenvalue weighted by atomic mass is 28.4. The van der Waals surface area contributed by atoms with Crippen molar-refractivity contribution in [1.29, 1.82) is 0 Å². The summed E-state index contributed by atoms with van der Waals surface area (Å²) in [4.78, 5) is 0. The van der Waals surface area contributed by atoms with Crippen LogP contribution in [0.25, 0.3) is 0 Å². The summed E-state index contributed by atoms with van der Waals surface area (Å²) >= 11 is 0. The highest BCUT2D eigenvalue weighted by Crippen LogP contribution is 2.27. The van der Waals surface area contributed by atoms with Crippen LogP contribution < -0.4 is 4.74 Å².